The Morgan fingerprint density at radius 3 is 2.58 bits per heavy atom. The lowest BCUT2D eigenvalue weighted by Gasteiger charge is -2.49. The highest BCUT2D eigenvalue weighted by Gasteiger charge is 2.50. The predicted octanol–water partition coefficient (Wildman–Crippen LogP) is 1.12. The number of amides is 1. The molecule has 0 aromatic rings. The van der Waals surface area contributed by atoms with Crippen molar-refractivity contribution in [3.63, 3.8) is 0 Å². The smallest absolute Gasteiger partial charge is 0.221 e. The van der Waals surface area contributed by atoms with E-state index in [1.165, 1.54) is 6.92 Å². The third kappa shape index (κ3) is 6.47. The highest BCUT2D eigenvalue weighted by Crippen LogP contribution is 2.34. The van der Waals surface area contributed by atoms with Gasteiger partial charge in [0.2, 0.25) is 15.9 Å². The van der Waals surface area contributed by atoms with Crippen molar-refractivity contribution in [2.75, 3.05) is 32.7 Å². The van der Waals surface area contributed by atoms with Gasteiger partial charge in [-0.05, 0) is 38.5 Å². The van der Waals surface area contributed by atoms with Gasteiger partial charge in [-0.1, -0.05) is 6.92 Å². The molecular weight excluding hydrogens is 530 g/mol. The molecule has 0 spiro atoms. The number of hydrogen-bond acceptors (Lipinski definition) is 7. The monoisotopic (exact) mass is 570 g/mol. The standard InChI is InChI=1S/C23H41Cl2FN6O3S/c1-3-31-13-22(23(25)30-31)36(34,35)32-12-16(10-27-14(2)33)29-20-8-7-15(9-21(20)32)28-11-17-18(24)5-4-6-19(17)26/h15-23,28-30H,3-13H2,1-2H3,(H,27,33)/t15?,16-,17?,18?,19?,20?,21?,22?,23?/m0/s1. The van der Waals surface area contributed by atoms with Crippen LogP contribution >= 0.6 is 23.2 Å². The molecule has 2 saturated heterocycles. The zero-order chi connectivity index (χ0) is 26.0. The Kier molecular flexibility index (Phi) is 9.80. The average Bonchev–Trinajstić information content (AvgIpc) is 3.23. The maximum atomic E-state index is 14.5. The first-order chi connectivity index (χ1) is 17.1. The Labute approximate surface area is 224 Å². The minimum Gasteiger partial charge on any atom is -0.355 e. The van der Waals surface area contributed by atoms with Gasteiger partial charge >= 0.3 is 0 Å². The summed E-state index contributed by atoms with van der Waals surface area (Å²) in [5, 5.41) is 10.8. The molecule has 4 N–H and O–H groups in total. The van der Waals surface area contributed by atoms with Gasteiger partial charge in [0, 0.05) is 75.1 Å². The number of alkyl halides is 3. The first-order valence-corrected chi connectivity index (χ1v) is 15.7. The molecule has 8 unspecified atom stereocenters. The first kappa shape index (κ1) is 28.7. The molecule has 0 aromatic heterocycles. The van der Waals surface area contributed by atoms with Crippen LogP contribution in [0.2, 0.25) is 0 Å². The Balaban J connectivity index is 1.48. The normalized spacial score (nSPS) is 40.6. The molecular formula is C23H41Cl2FN6O3S. The third-order valence-electron chi connectivity index (χ3n) is 8.29. The van der Waals surface area contributed by atoms with E-state index in [9.17, 15) is 17.6 Å². The molecule has 4 fully saturated rings. The molecule has 2 aliphatic heterocycles. The number of carbonyl (C=O) groups excluding carboxylic acids is 1. The summed E-state index contributed by atoms with van der Waals surface area (Å²) >= 11 is 12.9. The second-order valence-corrected chi connectivity index (χ2v) is 13.9. The van der Waals surface area contributed by atoms with Crippen molar-refractivity contribution in [2.45, 2.75) is 98.8 Å². The van der Waals surface area contributed by atoms with E-state index < -0.39 is 26.9 Å². The maximum absolute atomic E-state index is 14.5. The van der Waals surface area contributed by atoms with Crippen LogP contribution in [0, 0.1) is 5.92 Å². The second-order valence-electron chi connectivity index (χ2n) is 10.7. The lowest BCUT2D eigenvalue weighted by atomic mass is 9.83. The van der Waals surface area contributed by atoms with Gasteiger partial charge in [-0.15, -0.1) is 23.2 Å². The zero-order valence-corrected chi connectivity index (χ0v) is 23.5. The lowest BCUT2D eigenvalue weighted by molar-refractivity contribution is -0.119. The van der Waals surface area contributed by atoms with Crippen molar-refractivity contribution in [1.82, 2.24) is 30.7 Å². The van der Waals surface area contributed by atoms with Crippen LogP contribution in [0.5, 0.6) is 0 Å². The molecule has 208 valence electrons. The van der Waals surface area contributed by atoms with Gasteiger partial charge in [-0.25, -0.2) is 23.2 Å². The number of sulfonamides is 1. The minimum absolute atomic E-state index is 0.0277. The number of halogens is 3. The fraction of sp³-hybridized carbons (Fsp3) is 0.957. The Morgan fingerprint density at radius 2 is 1.92 bits per heavy atom. The van der Waals surface area contributed by atoms with Crippen LogP contribution in [-0.2, 0) is 14.8 Å². The minimum atomic E-state index is -3.74. The van der Waals surface area contributed by atoms with E-state index in [0.717, 1.165) is 25.7 Å². The summed E-state index contributed by atoms with van der Waals surface area (Å²) in [4.78, 5) is 11.5. The molecule has 9 atom stereocenters. The molecule has 4 aliphatic rings. The summed E-state index contributed by atoms with van der Waals surface area (Å²) < 4.78 is 44.1. The van der Waals surface area contributed by atoms with Crippen molar-refractivity contribution in [3.05, 3.63) is 0 Å². The Morgan fingerprint density at radius 1 is 1.14 bits per heavy atom. The third-order valence-corrected chi connectivity index (χ3v) is 11.6. The number of carbonyl (C=O) groups is 1. The van der Waals surface area contributed by atoms with Crippen molar-refractivity contribution in [3.8, 4) is 0 Å². The molecule has 2 aliphatic carbocycles. The zero-order valence-electron chi connectivity index (χ0n) is 21.1. The summed E-state index contributed by atoms with van der Waals surface area (Å²) in [6.07, 6.45) is 3.59. The molecule has 4 rings (SSSR count). The number of hydrogen-bond donors (Lipinski definition) is 4. The van der Waals surface area contributed by atoms with Crippen LogP contribution in [0.4, 0.5) is 4.39 Å². The summed E-state index contributed by atoms with van der Waals surface area (Å²) in [6.45, 7) is 5.51. The molecule has 36 heavy (non-hydrogen) atoms. The molecule has 2 heterocycles. The SMILES string of the molecule is CCN1CC(S(=O)(=O)N2C[C@H](CNC(C)=O)NC3CCC(NCC4C(F)CCCC4Cl)CC32)C(Cl)N1. The van der Waals surface area contributed by atoms with E-state index in [4.69, 9.17) is 23.2 Å². The fourth-order valence-electron chi connectivity index (χ4n) is 6.22. The summed E-state index contributed by atoms with van der Waals surface area (Å²) in [5.41, 5.74) is 2.35. The van der Waals surface area contributed by atoms with Gasteiger partial charge < -0.3 is 16.0 Å². The number of hydrazine groups is 1. The molecule has 0 bridgehead atoms. The first-order valence-electron chi connectivity index (χ1n) is 13.3. The molecule has 13 heteroatoms. The van der Waals surface area contributed by atoms with Crippen LogP contribution < -0.4 is 21.4 Å². The van der Waals surface area contributed by atoms with Crippen molar-refractivity contribution < 1.29 is 17.6 Å². The number of fused-ring (bicyclic) bond motifs is 1. The molecule has 2 saturated carbocycles. The topological polar surface area (TPSA) is 106 Å². The van der Waals surface area contributed by atoms with E-state index in [2.05, 4.69) is 21.4 Å². The summed E-state index contributed by atoms with van der Waals surface area (Å²) in [5.74, 6) is -0.363. The van der Waals surface area contributed by atoms with E-state index in [1.54, 1.807) is 4.31 Å². The van der Waals surface area contributed by atoms with E-state index in [1.807, 2.05) is 11.9 Å². The van der Waals surface area contributed by atoms with E-state index in [-0.39, 0.29) is 47.9 Å². The molecule has 1 amide bonds. The largest absolute Gasteiger partial charge is 0.355 e. The number of piperazine rings is 1. The Bertz CT molecular complexity index is 863. The predicted molar refractivity (Wildman–Crippen MR) is 140 cm³/mol. The quantitative estimate of drug-likeness (QED) is 0.256. The highest BCUT2D eigenvalue weighted by molar-refractivity contribution is 7.89. The molecule has 0 radical (unpaired) electrons. The maximum Gasteiger partial charge on any atom is 0.221 e. The van der Waals surface area contributed by atoms with Gasteiger partial charge in [0.15, 0.2) is 0 Å². The molecule has 9 nitrogen and oxygen atoms in total. The highest BCUT2D eigenvalue weighted by atomic mass is 35.5. The number of nitrogens with one attached hydrogen (secondary N) is 4. The number of nitrogens with zero attached hydrogens (tertiary/aromatic N) is 2. The molecule has 0 aromatic carbocycles. The van der Waals surface area contributed by atoms with E-state index in [0.29, 0.717) is 39.0 Å². The summed E-state index contributed by atoms with van der Waals surface area (Å²) in [7, 11) is -3.74. The fourth-order valence-corrected chi connectivity index (χ4v) is 9.30. The lowest BCUT2D eigenvalue weighted by Crippen LogP contribution is -2.69. The van der Waals surface area contributed by atoms with Crippen molar-refractivity contribution >= 4 is 39.1 Å². The van der Waals surface area contributed by atoms with Gasteiger partial charge in [0.05, 0.1) is 0 Å². The van der Waals surface area contributed by atoms with Gasteiger partial charge in [-0.2, -0.15) is 4.31 Å². The van der Waals surface area contributed by atoms with E-state index >= 15 is 0 Å². The second kappa shape index (κ2) is 12.3. The van der Waals surface area contributed by atoms with Crippen molar-refractivity contribution in [1.29, 1.82) is 0 Å². The van der Waals surface area contributed by atoms with Crippen LogP contribution in [0.25, 0.3) is 0 Å². The van der Waals surface area contributed by atoms with Gasteiger partial charge in [0.1, 0.15) is 16.9 Å². The van der Waals surface area contributed by atoms with Crippen LogP contribution in [0.15, 0.2) is 0 Å². The van der Waals surface area contributed by atoms with Gasteiger partial charge in [0.25, 0.3) is 0 Å². The van der Waals surface area contributed by atoms with Crippen LogP contribution in [0.1, 0.15) is 52.4 Å². The van der Waals surface area contributed by atoms with Crippen LogP contribution in [-0.4, -0.2) is 103 Å². The van der Waals surface area contributed by atoms with Crippen molar-refractivity contribution in [2.24, 2.45) is 5.92 Å². The Hall–Kier alpha value is -0.270. The summed E-state index contributed by atoms with van der Waals surface area (Å²) in [6, 6.07) is -0.378. The van der Waals surface area contributed by atoms with Crippen LogP contribution in [0.3, 0.4) is 0 Å². The van der Waals surface area contributed by atoms with Gasteiger partial charge in [-0.3, -0.25) is 4.79 Å². The number of rotatable bonds is 8. The average molecular weight is 572 g/mol.